The van der Waals surface area contributed by atoms with Gasteiger partial charge in [-0.15, -0.1) is 0 Å². The number of piperidine rings is 1. The van der Waals surface area contributed by atoms with Crippen LogP contribution in [0.5, 0.6) is 0 Å². The summed E-state index contributed by atoms with van der Waals surface area (Å²) < 4.78 is 5.71. The Hall–Kier alpha value is -1.56. The Morgan fingerprint density at radius 3 is 2.60 bits per heavy atom. The van der Waals surface area contributed by atoms with Crippen LogP contribution in [-0.2, 0) is 6.54 Å². The Morgan fingerprint density at radius 1 is 1.32 bits per heavy atom. The third-order valence-electron chi connectivity index (χ3n) is 5.42. The Labute approximate surface area is 151 Å². The molecule has 2 N–H and O–H groups in total. The van der Waals surface area contributed by atoms with Crippen molar-refractivity contribution in [3.05, 3.63) is 17.3 Å². The van der Waals surface area contributed by atoms with Crippen LogP contribution in [0, 0.1) is 25.7 Å². The summed E-state index contributed by atoms with van der Waals surface area (Å²) in [7, 11) is 0. The standard InChI is InChI=1S/C19H33N5O/c1-5-20-19(23-17-10-13(17)2)21-11-16-6-8-24(9-7-16)12-18-22-14(3)15(4)25-18/h13,16-17H,5-12H2,1-4H3,(H2,20,21,23). The van der Waals surface area contributed by atoms with Crippen LogP contribution >= 0.6 is 0 Å². The third kappa shape index (κ3) is 5.21. The summed E-state index contributed by atoms with van der Waals surface area (Å²) in [5.41, 5.74) is 1.01. The van der Waals surface area contributed by atoms with Crippen molar-refractivity contribution < 1.29 is 4.42 Å². The molecular weight excluding hydrogens is 314 g/mol. The molecule has 2 unspecified atom stereocenters. The van der Waals surface area contributed by atoms with Crippen LogP contribution < -0.4 is 10.6 Å². The predicted octanol–water partition coefficient (Wildman–Crippen LogP) is 2.47. The summed E-state index contributed by atoms with van der Waals surface area (Å²) in [6.07, 6.45) is 3.66. The number of rotatable bonds is 6. The molecule has 2 atom stereocenters. The Balaban J connectivity index is 1.42. The van der Waals surface area contributed by atoms with Crippen LogP contribution in [-0.4, -0.2) is 48.1 Å². The van der Waals surface area contributed by atoms with Gasteiger partial charge in [-0.2, -0.15) is 0 Å². The molecule has 1 saturated carbocycles. The zero-order valence-electron chi connectivity index (χ0n) is 16.1. The molecule has 1 aliphatic heterocycles. The van der Waals surface area contributed by atoms with Gasteiger partial charge in [-0.1, -0.05) is 6.92 Å². The molecule has 2 heterocycles. The van der Waals surface area contributed by atoms with Crippen molar-refractivity contribution in [1.82, 2.24) is 20.5 Å². The average molecular weight is 348 g/mol. The highest BCUT2D eigenvalue weighted by Gasteiger charge is 2.33. The second-order valence-electron chi connectivity index (χ2n) is 7.65. The molecule has 0 aromatic carbocycles. The minimum absolute atomic E-state index is 0.618. The van der Waals surface area contributed by atoms with Gasteiger partial charge in [-0.3, -0.25) is 9.89 Å². The Morgan fingerprint density at radius 2 is 2.04 bits per heavy atom. The number of nitrogens with zero attached hydrogens (tertiary/aromatic N) is 3. The van der Waals surface area contributed by atoms with E-state index in [0.29, 0.717) is 12.0 Å². The summed E-state index contributed by atoms with van der Waals surface area (Å²) in [5.74, 6) is 4.24. The lowest BCUT2D eigenvalue weighted by molar-refractivity contribution is 0.166. The van der Waals surface area contributed by atoms with E-state index in [4.69, 9.17) is 9.41 Å². The summed E-state index contributed by atoms with van der Waals surface area (Å²) in [6, 6.07) is 0.618. The van der Waals surface area contributed by atoms with Gasteiger partial charge in [0.15, 0.2) is 5.96 Å². The molecule has 0 bridgehead atoms. The van der Waals surface area contributed by atoms with Crippen LogP contribution in [0.25, 0.3) is 0 Å². The van der Waals surface area contributed by atoms with E-state index in [9.17, 15) is 0 Å². The fourth-order valence-corrected chi connectivity index (χ4v) is 3.36. The van der Waals surface area contributed by atoms with Gasteiger partial charge < -0.3 is 15.1 Å². The van der Waals surface area contributed by atoms with E-state index >= 15 is 0 Å². The maximum absolute atomic E-state index is 5.71. The maximum Gasteiger partial charge on any atom is 0.208 e. The van der Waals surface area contributed by atoms with Crippen molar-refractivity contribution in [3.8, 4) is 0 Å². The number of guanidine groups is 1. The number of aliphatic imine (C=N–C) groups is 1. The largest absolute Gasteiger partial charge is 0.444 e. The van der Waals surface area contributed by atoms with Gasteiger partial charge in [0, 0.05) is 19.1 Å². The minimum Gasteiger partial charge on any atom is -0.444 e. The van der Waals surface area contributed by atoms with Crippen LogP contribution in [0.4, 0.5) is 0 Å². The molecule has 0 spiro atoms. The average Bonchev–Trinajstić information content (AvgIpc) is 3.18. The highest BCUT2D eigenvalue weighted by molar-refractivity contribution is 5.80. The van der Waals surface area contributed by atoms with E-state index in [1.807, 2.05) is 13.8 Å². The second kappa shape index (κ2) is 8.21. The molecule has 1 aliphatic carbocycles. The van der Waals surface area contributed by atoms with Crippen molar-refractivity contribution >= 4 is 5.96 Å². The van der Waals surface area contributed by atoms with Gasteiger partial charge in [0.25, 0.3) is 0 Å². The lowest BCUT2D eigenvalue weighted by atomic mass is 9.97. The van der Waals surface area contributed by atoms with Gasteiger partial charge in [-0.05, 0) is 65.0 Å². The molecule has 140 valence electrons. The predicted molar refractivity (Wildman–Crippen MR) is 101 cm³/mol. The van der Waals surface area contributed by atoms with Crippen LogP contribution in [0.15, 0.2) is 9.41 Å². The molecule has 1 saturated heterocycles. The number of oxazole rings is 1. The molecule has 1 aromatic rings. The molecule has 1 aromatic heterocycles. The van der Waals surface area contributed by atoms with Crippen molar-refractivity contribution in [2.75, 3.05) is 26.2 Å². The van der Waals surface area contributed by atoms with Crippen LogP contribution in [0.2, 0.25) is 0 Å². The molecule has 0 amide bonds. The first-order chi connectivity index (χ1) is 12.0. The fraction of sp³-hybridized carbons (Fsp3) is 0.789. The van der Waals surface area contributed by atoms with Gasteiger partial charge >= 0.3 is 0 Å². The van der Waals surface area contributed by atoms with Crippen molar-refractivity contribution in [2.45, 2.75) is 59.5 Å². The number of likely N-dealkylation sites (tertiary alicyclic amines) is 1. The summed E-state index contributed by atoms with van der Waals surface area (Å²) in [5, 5.41) is 6.91. The molecule has 3 rings (SSSR count). The van der Waals surface area contributed by atoms with Gasteiger partial charge in [0.1, 0.15) is 5.76 Å². The molecule has 6 nitrogen and oxygen atoms in total. The van der Waals surface area contributed by atoms with Crippen LogP contribution in [0.1, 0.15) is 50.5 Å². The highest BCUT2D eigenvalue weighted by Crippen LogP contribution is 2.28. The summed E-state index contributed by atoms with van der Waals surface area (Å²) in [6.45, 7) is 13.3. The first-order valence-corrected chi connectivity index (χ1v) is 9.75. The van der Waals surface area contributed by atoms with E-state index in [1.54, 1.807) is 0 Å². The topological polar surface area (TPSA) is 65.7 Å². The quantitative estimate of drug-likeness (QED) is 0.611. The van der Waals surface area contributed by atoms with Gasteiger partial charge in [0.2, 0.25) is 5.89 Å². The third-order valence-corrected chi connectivity index (χ3v) is 5.42. The first-order valence-electron chi connectivity index (χ1n) is 9.75. The SMILES string of the molecule is CCNC(=NCC1CCN(Cc2nc(C)c(C)o2)CC1)NC1CC1C. The van der Waals surface area contributed by atoms with Crippen molar-refractivity contribution in [1.29, 1.82) is 0 Å². The van der Waals surface area contributed by atoms with Crippen molar-refractivity contribution in [2.24, 2.45) is 16.8 Å². The monoisotopic (exact) mass is 347 g/mol. The van der Waals surface area contributed by atoms with Crippen LogP contribution in [0.3, 0.4) is 0 Å². The highest BCUT2D eigenvalue weighted by atomic mass is 16.4. The van der Waals surface area contributed by atoms with Gasteiger partial charge in [0.05, 0.1) is 12.2 Å². The van der Waals surface area contributed by atoms with E-state index in [2.05, 4.69) is 34.4 Å². The molecule has 2 aliphatic rings. The lowest BCUT2D eigenvalue weighted by Gasteiger charge is -2.30. The van der Waals surface area contributed by atoms with E-state index in [-0.39, 0.29) is 0 Å². The zero-order chi connectivity index (χ0) is 17.8. The molecular formula is C19H33N5O. The number of aryl methyl sites for hydroxylation is 2. The van der Waals surface area contributed by atoms with Gasteiger partial charge in [-0.25, -0.2) is 4.98 Å². The maximum atomic E-state index is 5.71. The second-order valence-corrected chi connectivity index (χ2v) is 7.65. The normalized spacial score (nSPS) is 25.2. The number of nitrogens with one attached hydrogen (secondary N) is 2. The van der Waals surface area contributed by atoms with Crippen molar-refractivity contribution in [3.63, 3.8) is 0 Å². The summed E-state index contributed by atoms with van der Waals surface area (Å²) in [4.78, 5) is 11.8. The molecule has 6 heteroatoms. The molecule has 0 radical (unpaired) electrons. The molecule has 25 heavy (non-hydrogen) atoms. The van der Waals surface area contributed by atoms with E-state index in [0.717, 1.165) is 61.9 Å². The minimum atomic E-state index is 0.618. The molecule has 2 fully saturated rings. The zero-order valence-corrected chi connectivity index (χ0v) is 16.1. The Bertz CT molecular complexity index is 569. The lowest BCUT2D eigenvalue weighted by Crippen LogP contribution is -2.40. The fourth-order valence-electron chi connectivity index (χ4n) is 3.36. The first kappa shape index (κ1) is 18.2. The number of hydrogen-bond acceptors (Lipinski definition) is 4. The number of hydrogen-bond donors (Lipinski definition) is 2. The summed E-state index contributed by atoms with van der Waals surface area (Å²) >= 11 is 0. The smallest absolute Gasteiger partial charge is 0.208 e. The van der Waals surface area contributed by atoms with E-state index in [1.165, 1.54) is 19.3 Å². The van der Waals surface area contributed by atoms with E-state index < -0.39 is 0 Å². The number of aromatic nitrogens is 1. The Kier molecular flexibility index (Phi) is 5.99.